The van der Waals surface area contributed by atoms with Crippen LogP contribution < -0.4 is 11.5 Å². The molecule has 0 aliphatic heterocycles. The Morgan fingerprint density at radius 3 is 2.15 bits per heavy atom. The van der Waals surface area contributed by atoms with E-state index >= 15 is 0 Å². The van der Waals surface area contributed by atoms with Crippen LogP contribution in [0.2, 0.25) is 0 Å². The normalized spacial score (nSPS) is 15.4. The molecule has 0 fully saturated rings. The van der Waals surface area contributed by atoms with Gasteiger partial charge >= 0.3 is 0 Å². The van der Waals surface area contributed by atoms with Crippen molar-refractivity contribution in [2.75, 3.05) is 11.5 Å². The minimum atomic E-state index is -0.262. The molecule has 0 amide bonds. The van der Waals surface area contributed by atoms with Gasteiger partial charge in [0.05, 0.1) is 5.69 Å². The van der Waals surface area contributed by atoms with E-state index in [0.29, 0.717) is 24.2 Å². The minimum Gasteiger partial charge on any atom is -0.508 e. The van der Waals surface area contributed by atoms with Gasteiger partial charge in [-0.1, -0.05) is 25.8 Å². The first-order chi connectivity index (χ1) is 15.6. The fourth-order valence-electron chi connectivity index (χ4n) is 4.22. The molecule has 0 saturated heterocycles. The van der Waals surface area contributed by atoms with Gasteiger partial charge in [-0.05, 0) is 92.1 Å². The van der Waals surface area contributed by atoms with E-state index in [1.54, 1.807) is 0 Å². The molecule has 1 aliphatic rings. The van der Waals surface area contributed by atoms with Crippen molar-refractivity contribution in [1.29, 1.82) is 0 Å². The van der Waals surface area contributed by atoms with E-state index in [9.17, 15) is 9.90 Å². The predicted molar refractivity (Wildman–Crippen MR) is 138 cm³/mol. The molecule has 33 heavy (non-hydrogen) atoms. The molecule has 0 aromatic heterocycles. The molecule has 1 aliphatic carbocycles. The van der Waals surface area contributed by atoms with E-state index in [2.05, 4.69) is 6.92 Å². The van der Waals surface area contributed by atoms with Gasteiger partial charge in [0.1, 0.15) is 11.5 Å². The summed E-state index contributed by atoms with van der Waals surface area (Å²) in [7, 11) is 0. The molecule has 2 aromatic carbocycles. The number of aliphatic hydroxyl groups is 1. The number of nitrogens with zero attached hydrogens (tertiary/aromatic N) is 1. The molecular formula is C28H35N3O2. The summed E-state index contributed by atoms with van der Waals surface area (Å²) in [5.41, 5.74) is 21.5. The second-order valence-corrected chi connectivity index (χ2v) is 8.93. The van der Waals surface area contributed by atoms with E-state index in [4.69, 9.17) is 16.5 Å². The fourth-order valence-corrected chi connectivity index (χ4v) is 4.22. The highest BCUT2D eigenvalue weighted by molar-refractivity contribution is 6.51. The second kappa shape index (κ2) is 10.1. The Labute approximate surface area is 196 Å². The van der Waals surface area contributed by atoms with Crippen molar-refractivity contribution in [1.82, 2.24) is 0 Å². The summed E-state index contributed by atoms with van der Waals surface area (Å²) in [6.45, 7) is 10.1. The summed E-state index contributed by atoms with van der Waals surface area (Å²) in [6, 6.07) is 7.58. The topological polar surface area (TPSA) is 102 Å². The number of anilines is 2. The Balaban J connectivity index is 2.16. The Hall–Kier alpha value is -3.34. The maximum absolute atomic E-state index is 13.0. The Morgan fingerprint density at radius 1 is 0.848 bits per heavy atom. The monoisotopic (exact) mass is 445 g/mol. The van der Waals surface area contributed by atoms with E-state index in [0.717, 1.165) is 69.6 Å². The molecule has 0 bridgehead atoms. The smallest absolute Gasteiger partial charge is 0.208 e. The number of aliphatic imine (C=N–C) groups is 1. The van der Waals surface area contributed by atoms with Crippen molar-refractivity contribution in [2.45, 2.75) is 66.7 Å². The zero-order chi connectivity index (χ0) is 24.3. The van der Waals surface area contributed by atoms with Gasteiger partial charge in [-0.3, -0.25) is 4.79 Å². The van der Waals surface area contributed by atoms with Gasteiger partial charge in [0.2, 0.25) is 5.78 Å². The molecule has 5 nitrogen and oxygen atoms in total. The lowest BCUT2D eigenvalue weighted by atomic mass is 9.85. The lowest BCUT2D eigenvalue weighted by Crippen LogP contribution is -2.23. The number of allylic oxidation sites excluding steroid dienone is 3. The van der Waals surface area contributed by atoms with E-state index < -0.39 is 0 Å². The van der Waals surface area contributed by atoms with Crippen molar-refractivity contribution >= 4 is 28.6 Å². The van der Waals surface area contributed by atoms with Crippen LogP contribution in [0.5, 0.6) is 0 Å². The van der Waals surface area contributed by atoms with E-state index in [1.807, 2.05) is 52.0 Å². The van der Waals surface area contributed by atoms with Gasteiger partial charge in [-0.25, -0.2) is 4.99 Å². The summed E-state index contributed by atoms with van der Waals surface area (Å²) >= 11 is 0. The summed E-state index contributed by atoms with van der Waals surface area (Å²) in [5.74, 6) is -0.230. The van der Waals surface area contributed by atoms with Crippen LogP contribution in [-0.4, -0.2) is 16.6 Å². The maximum atomic E-state index is 13.0. The van der Waals surface area contributed by atoms with Crippen molar-refractivity contribution < 1.29 is 9.90 Å². The van der Waals surface area contributed by atoms with Crippen molar-refractivity contribution in [3.63, 3.8) is 0 Å². The molecule has 0 saturated carbocycles. The van der Waals surface area contributed by atoms with Crippen LogP contribution in [0.4, 0.5) is 17.1 Å². The van der Waals surface area contributed by atoms with Crippen LogP contribution in [0.1, 0.15) is 60.4 Å². The van der Waals surface area contributed by atoms with Crippen LogP contribution in [-0.2, 0) is 11.2 Å². The number of nitrogen functional groups attached to an aromatic ring is 2. The fraction of sp³-hybridized carbons (Fsp3) is 0.357. The van der Waals surface area contributed by atoms with Gasteiger partial charge in [-0.2, -0.15) is 0 Å². The van der Waals surface area contributed by atoms with Crippen molar-refractivity contribution in [2.24, 2.45) is 4.99 Å². The van der Waals surface area contributed by atoms with Gasteiger partial charge in [0.15, 0.2) is 0 Å². The lowest BCUT2D eigenvalue weighted by Gasteiger charge is -2.22. The largest absolute Gasteiger partial charge is 0.508 e. The Kier molecular flexibility index (Phi) is 7.42. The number of benzene rings is 2. The minimum absolute atomic E-state index is 0.0320. The van der Waals surface area contributed by atoms with E-state index in [-0.39, 0.29) is 11.5 Å². The van der Waals surface area contributed by atoms with Gasteiger partial charge in [0.25, 0.3) is 0 Å². The number of hydrogen-bond donors (Lipinski definition) is 3. The lowest BCUT2D eigenvalue weighted by molar-refractivity contribution is -0.109. The van der Waals surface area contributed by atoms with Crippen LogP contribution in [0.3, 0.4) is 0 Å². The highest BCUT2D eigenvalue weighted by Crippen LogP contribution is 2.33. The van der Waals surface area contributed by atoms with Crippen LogP contribution >= 0.6 is 0 Å². The third kappa shape index (κ3) is 5.03. The first-order valence-corrected chi connectivity index (χ1v) is 11.6. The van der Waals surface area contributed by atoms with Crippen molar-refractivity contribution in [3.05, 3.63) is 75.1 Å². The quantitative estimate of drug-likeness (QED) is 0.264. The summed E-state index contributed by atoms with van der Waals surface area (Å²) in [5, 5.41) is 10.8. The zero-order valence-corrected chi connectivity index (χ0v) is 20.4. The molecule has 0 spiro atoms. The molecule has 0 atom stereocenters. The van der Waals surface area contributed by atoms with E-state index in [1.165, 1.54) is 6.08 Å². The molecule has 0 unspecified atom stereocenters. The molecule has 0 heterocycles. The van der Waals surface area contributed by atoms with Gasteiger partial charge in [-0.15, -0.1) is 0 Å². The number of aliphatic hydroxyl groups excluding tert-OH is 1. The zero-order valence-electron chi connectivity index (χ0n) is 20.4. The Morgan fingerprint density at radius 2 is 1.48 bits per heavy atom. The first kappa shape index (κ1) is 24.3. The second-order valence-electron chi connectivity index (χ2n) is 8.93. The highest BCUT2D eigenvalue weighted by atomic mass is 16.3. The number of unbranched alkanes of at least 4 members (excludes halogenated alkanes) is 2. The molecule has 5 N–H and O–H groups in total. The Bertz CT molecular complexity index is 1190. The first-order valence-electron chi connectivity index (χ1n) is 11.6. The predicted octanol–water partition coefficient (Wildman–Crippen LogP) is 6.30. The van der Waals surface area contributed by atoms with Crippen LogP contribution in [0, 0.1) is 27.7 Å². The standard InChI is InChI=1S/C28H35N3O2/c1-6-7-8-9-21-22(14-20-10-11-23(29)17(3)16(20)2)26(32)15-27(33)28(21)31-25-13-12-24(30)18(4)19(25)5/h10-13,15,32H,6-9,14,29-30H2,1-5H3. The summed E-state index contributed by atoms with van der Waals surface area (Å²) in [6.07, 6.45) is 5.54. The van der Waals surface area contributed by atoms with Gasteiger partial charge in [0, 0.05) is 29.4 Å². The summed E-state index contributed by atoms with van der Waals surface area (Å²) in [4.78, 5) is 17.9. The van der Waals surface area contributed by atoms with Crippen molar-refractivity contribution in [3.8, 4) is 0 Å². The SMILES string of the molecule is CCCCCC1=C(Cc2ccc(N)c(C)c2C)C(O)=CC(=O)C1=Nc1ccc(N)c(C)c1C. The molecule has 3 rings (SSSR count). The van der Waals surface area contributed by atoms with Gasteiger partial charge < -0.3 is 16.6 Å². The molecule has 5 heteroatoms. The number of ketones is 1. The highest BCUT2D eigenvalue weighted by Gasteiger charge is 2.27. The third-order valence-electron chi connectivity index (χ3n) is 6.83. The third-order valence-corrected chi connectivity index (χ3v) is 6.83. The number of carbonyl (C=O) groups is 1. The number of hydrogen-bond acceptors (Lipinski definition) is 5. The average Bonchev–Trinajstić information content (AvgIpc) is 2.78. The molecule has 0 radical (unpaired) electrons. The number of nitrogens with two attached hydrogens (primary N) is 2. The molecule has 2 aromatic rings. The maximum Gasteiger partial charge on any atom is 0.208 e. The number of carbonyl (C=O) groups excluding carboxylic acids is 1. The van der Waals surface area contributed by atoms with Crippen LogP contribution in [0.15, 0.2) is 52.2 Å². The average molecular weight is 446 g/mol. The molecule has 174 valence electrons. The molecular weight excluding hydrogens is 410 g/mol. The van der Waals surface area contributed by atoms with Crippen LogP contribution in [0.25, 0.3) is 0 Å². The number of rotatable bonds is 7. The summed E-state index contributed by atoms with van der Waals surface area (Å²) < 4.78 is 0.